The summed E-state index contributed by atoms with van der Waals surface area (Å²) < 4.78 is 1.50. The van der Waals surface area contributed by atoms with Crippen molar-refractivity contribution < 1.29 is 0 Å². The van der Waals surface area contributed by atoms with Crippen molar-refractivity contribution in [1.29, 1.82) is 0 Å². The van der Waals surface area contributed by atoms with Crippen molar-refractivity contribution >= 4 is 0 Å². The third-order valence-electron chi connectivity index (χ3n) is 1.69. The highest BCUT2D eigenvalue weighted by atomic mass is 15.4. The fraction of sp³-hybridized carbons (Fsp3) is 0.250. The van der Waals surface area contributed by atoms with Crippen molar-refractivity contribution in [2.45, 2.75) is 13.5 Å². The molecule has 0 fully saturated rings. The van der Waals surface area contributed by atoms with Crippen LogP contribution in [0.2, 0.25) is 0 Å². The average molecular weight is 190 g/mol. The molecular weight excluding hydrogens is 180 g/mol. The van der Waals surface area contributed by atoms with Gasteiger partial charge in [-0.25, -0.2) is 15.0 Å². The standard InChI is InChI=1S/C8H10N6/c1-6-3-10-8(11-4-6)14-5-12-7(2-9)13-14/h3-5H,2,9H2,1H3. The molecule has 0 saturated carbocycles. The molecule has 0 aliphatic carbocycles. The Kier molecular flexibility index (Phi) is 2.19. The molecule has 2 aromatic rings. The van der Waals surface area contributed by atoms with Crippen LogP contribution in [0, 0.1) is 6.92 Å². The summed E-state index contributed by atoms with van der Waals surface area (Å²) >= 11 is 0. The molecule has 0 aromatic carbocycles. The third kappa shape index (κ3) is 1.60. The Morgan fingerprint density at radius 2 is 2.00 bits per heavy atom. The Labute approximate surface area is 80.8 Å². The molecule has 0 radical (unpaired) electrons. The van der Waals surface area contributed by atoms with Crippen molar-refractivity contribution in [3.63, 3.8) is 0 Å². The van der Waals surface area contributed by atoms with Gasteiger partial charge in [-0.2, -0.15) is 4.68 Å². The van der Waals surface area contributed by atoms with Crippen LogP contribution in [0.15, 0.2) is 18.7 Å². The minimum atomic E-state index is 0.318. The summed E-state index contributed by atoms with van der Waals surface area (Å²) in [5.41, 5.74) is 6.39. The summed E-state index contributed by atoms with van der Waals surface area (Å²) in [5, 5.41) is 4.08. The molecule has 2 rings (SSSR count). The molecule has 0 saturated heterocycles. The topological polar surface area (TPSA) is 82.5 Å². The molecule has 0 aliphatic heterocycles. The largest absolute Gasteiger partial charge is 0.324 e. The van der Waals surface area contributed by atoms with Crippen molar-refractivity contribution in [3.8, 4) is 5.95 Å². The molecule has 0 amide bonds. The van der Waals surface area contributed by atoms with E-state index in [0.29, 0.717) is 18.3 Å². The maximum absolute atomic E-state index is 5.39. The molecular formula is C8H10N6. The molecule has 72 valence electrons. The van der Waals surface area contributed by atoms with E-state index in [9.17, 15) is 0 Å². The molecule has 6 nitrogen and oxygen atoms in total. The second-order valence-electron chi connectivity index (χ2n) is 2.87. The van der Waals surface area contributed by atoms with E-state index in [1.165, 1.54) is 4.68 Å². The molecule has 14 heavy (non-hydrogen) atoms. The van der Waals surface area contributed by atoms with E-state index in [0.717, 1.165) is 5.56 Å². The van der Waals surface area contributed by atoms with Crippen LogP contribution in [0.3, 0.4) is 0 Å². The minimum absolute atomic E-state index is 0.318. The third-order valence-corrected chi connectivity index (χ3v) is 1.69. The van der Waals surface area contributed by atoms with Crippen molar-refractivity contribution in [2.24, 2.45) is 5.73 Å². The number of nitrogens with zero attached hydrogens (tertiary/aromatic N) is 5. The summed E-state index contributed by atoms with van der Waals surface area (Å²) in [6, 6.07) is 0. The highest BCUT2D eigenvalue weighted by Crippen LogP contribution is 1.99. The fourth-order valence-corrected chi connectivity index (χ4v) is 0.991. The van der Waals surface area contributed by atoms with E-state index in [2.05, 4.69) is 20.1 Å². The van der Waals surface area contributed by atoms with Crippen LogP contribution in [0.25, 0.3) is 5.95 Å². The molecule has 0 aliphatic rings. The monoisotopic (exact) mass is 190 g/mol. The van der Waals surface area contributed by atoms with Gasteiger partial charge in [0, 0.05) is 12.4 Å². The number of aromatic nitrogens is 5. The molecule has 2 heterocycles. The molecule has 2 aromatic heterocycles. The van der Waals surface area contributed by atoms with E-state index < -0.39 is 0 Å². The second kappa shape index (κ2) is 3.51. The van der Waals surface area contributed by atoms with Gasteiger partial charge in [-0.05, 0) is 12.5 Å². The Balaban J connectivity index is 2.34. The van der Waals surface area contributed by atoms with Gasteiger partial charge in [-0.3, -0.25) is 0 Å². The van der Waals surface area contributed by atoms with Crippen LogP contribution >= 0.6 is 0 Å². The lowest BCUT2D eigenvalue weighted by atomic mass is 10.4. The normalized spacial score (nSPS) is 10.4. The quantitative estimate of drug-likeness (QED) is 0.710. The molecule has 2 N–H and O–H groups in total. The van der Waals surface area contributed by atoms with Gasteiger partial charge in [0.2, 0.25) is 0 Å². The SMILES string of the molecule is Cc1cnc(-n2cnc(CN)n2)nc1. The van der Waals surface area contributed by atoms with Crippen LogP contribution in [0.1, 0.15) is 11.4 Å². The molecule has 0 bridgehead atoms. The molecule has 6 heteroatoms. The predicted octanol–water partition coefficient (Wildman–Crippen LogP) is -0.176. The first kappa shape index (κ1) is 8.76. The number of hydrogen-bond acceptors (Lipinski definition) is 5. The van der Waals surface area contributed by atoms with Gasteiger partial charge >= 0.3 is 0 Å². The van der Waals surface area contributed by atoms with E-state index in [1.54, 1.807) is 18.7 Å². The first-order valence-electron chi connectivity index (χ1n) is 4.19. The molecule has 0 spiro atoms. The zero-order valence-corrected chi connectivity index (χ0v) is 7.75. The lowest BCUT2D eigenvalue weighted by Crippen LogP contribution is -2.04. The van der Waals surface area contributed by atoms with E-state index >= 15 is 0 Å². The summed E-state index contributed by atoms with van der Waals surface area (Å²) in [6.07, 6.45) is 5.01. The van der Waals surface area contributed by atoms with Crippen molar-refractivity contribution in [3.05, 3.63) is 30.1 Å². The molecule has 0 unspecified atom stereocenters. The van der Waals surface area contributed by atoms with Gasteiger partial charge in [0.05, 0.1) is 6.54 Å². The van der Waals surface area contributed by atoms with Gasteiger partial charge in [-0.15, -0.1) is 5.10 Å². The van der Waals surface area contributed by atoms with Gasteiger partial charge in [0.15, 0.2) is 5.82 Å². The predicted molar refractivity (Wildman–Crippen MR) is 49.6 cm³/mol. The van der Waals surface area contributed by atoms with Gasteiger partial charge in [-0.1, -0.05) is 0 Å². The lowest BCUT2D eigenvalue weighted by Gasteiger charge is -1.97. The van der Waals surface area contributed by atoms with Crippen molar-refractivity contribution in [1.82, 2.24) is 24.7 Å². The zero-order valence-electron chi connectivity index (χ0n) is 7.75. The first-order chi connectivity index (χ1) is 6.79. The average Bonchev–Trinajstić information content (AvgIpc) is 2.67. The van der Waals surface area contributed by atoms with Gasteiger partial charge < -0.3 is 5.73 Å². The van der Waals surface area contributed by atoms with Gasteiger partial charge in [0.1, 0.15) is 6.33 Å². The van der Waals surface area contributed by atoms with Crippen LogP contribution in [-0.2, 0) is 6.54 Å². The smallest absolute Gasteiger partial charge is 0.251 e. The van der Waals surface area contributed by atoms with Crippen LogP contribution in [-0.4, -0.2) is 24.7 Å². The van der Waals surface area contributed by atoms with Crippen LogP contribution < -0.4 is 5.73 Å². The second-order valence-corrected chi connectivity index (χ2v) is 2.87. The Morgan fingerprint density at radius 1 is 1.29 bits per heavy atom. The summed E-state index contributed by atoms with van der Waals surface area (Å²) in [4.78, 5) is 12.2. The number of hydrogen-bond donors (Lipinski definition) is 1. The lowest BCUT2D eigenvalue weighted by molar-refractivity contribution is 0.778. The van der Waals surface area contributed by atoms with Crippen LogP contribution in [0.4, 0.5) is 0 Å². The van der Waals surface area contributed by atoms with Gasteiger partial charge in [0.25, 0.3) is 5.95 Å². The fourth-order valence-electron chi connectivity index (χ4n) is 0.991. The molecule has 0 atom stereocenters. The Hall–Kier alpha value is -1.82. The van der Waals surface area contributed by atoms with E-state index in [-0.39, 0.29) is 0 Å². The Morgan fingerprint density at radius 3 is 2.57 bits per heavy atom. The summed E-state index contributed by atoms with van der Waals surface area (Å²) in [7, 11) is 0. The van der Waals surface area contributed by atoms with Crippen molar-refractivity contribution in [2.75, 3.05) is 0 Å². The highest BCUT2D eigenvalue weighted by molar-refractivity contribution is 5.11. The van der Waals surface area contributed by atoms with E-state index in [1.807, 2.05) is 6.92 Å². The maximum atomic E-state index is 5.39. The Bertz CT molecular complexity index is 418. The zero-order chi connectivity index (χ0) is 9.97. The highest BCUT2D eigenvalue weighted by Gasteiger charge is 2.02. The number of aryl methyl sites for hydroxylation is 1. The summed E-state index contributed by atoms with van der Waals surface area (Å²) in [6.45, 7) is 2.25. The first-order valence-corrected chi connectivity index (χ1v) is 4.19. The summed E-state index contributed by atoms with van der Waals surface area (Å²) in [5.74, 6) is 1.08. The minimum Gasteiger partial charge on any atom is -0.324 e. The van der Waals surface area contributed by atoms with Crippen LogP contribution in [0.5, 0.6) is 0 Å². The van der Waals surface area contributed by atoms with E-state index in [4.69, 9.17) is 5.73 Å². The maximum Gasteiger partial charge on any atom is 0.251 e. The number of rotatable bonds is 2. The number of nitrogens with two attached hydrogens (primary N) is 1.